The molecule has 1 atom stereocenters. The summed E-state index contributed by atoms with van der Waals surface area (Å²) in [5.74, 6) is -0.487. The van der Waals surface area contributed by atoms with Crippen molar-refractivity contribution in [3.63, 3.8) is 0 Å². The molecule has 0 saturated carbocycles. The Morgan fingerprint density at radius 2 is 2.20 bits per heavy atom. The minimum atomic E-state index is -0.592. The minimum absolute atomic E-state index is 0.0516. The van der Waals surface area contributed by atoms with Crippen molar-refractivity contribution < 1.29 is 19.1 Å². The monoisotopic (exact) mass is 281 g/mol. The van der Waals surface area contributed by atoms with Gasteiger partial charge in [0, 0.05) is 6.54 Å². The highest BCUT2D eigenvalue weighted by atomic mass is 19.1. The number of ether oxygens (including phenoxy) is 1. The van der Waals surface area contributed by atoms with Gasteiger partial charge in [-0.15, -0.1) is 0 Å². The summed E-state index contributed by atoms with van der Waals surface area (Å²) < 4.78 is 18.1. The number of hydrogen-bond donors (Lipinski definition) is 2. The molecule has 20 heavy (non-hydrogen) atoms. The number of oxime groups is 1. The second kappa shape index (κ2) is 6.33. The Morgan fingerprint density at radius 1 is 1.50 bits per heavy atom. The molecule has 1 aromatic rings. The van der Waals surface area contributed by atoms with Gasteiger partial charge in [-0.1, -0.05) is 17.3 Å². The fourth-order valence-electron chi connectivity index (χ4n) is 2.01. The molecule has 0 spiro atoms. The van der Waals surface area contributed by atoms with Gasteiger partial charge in [0.2, 0.25) is 5.91 Å². The number of nitrogens with zero attached hydrogens (tertiary/aromatic N) is 2. The molecule has 1 unspecified atom stereocenters. The van der Waals surface area contributed by atoms with E-state index >= 15 is 0 Å². The Hall–Kier alpha value is -2.15. The summed E-state index contributed by atoms with van der Waals surface area (Å²) in [7, 11) is 0. The molecule has 0 aromatic heterocycles. The van der Waals surface area contributed by atoms with Crippen LogP contribution in [0.25, 0.3) is 0 Å². The maximum absolute atomic E-state index is 12.8. The SMILES string of the molecule is NC(=NO)C1CN(C(=O)Cc2ccc(F)cc2)CCO1. The Morgan fingerprint density at radius 3 is 2.85 bits per heavy atom. The normalized spacial score (nSPS) is 19.9. The standard InChI is InChI=1S/C13H16FN3O3/c14-10-3-1-9(2-4-10)7-12(18)17-5-6-20-11(8-17)13(15)16-19/h1-4,11,19H,5-8H2,(H2,15,16). The molecule has 1 amide bonds. The van der Waals surface area contributed by atoms with Crippen LogP contribution in [0.1, 0.15) is 5.56 Å². The number of amidine groups is 1. The lowest BCUT2D eigenvalue weighted by molar-refractivity contribution is -0.135. The summed E-state index contributed by atoms with van der Waals surface area (Å²) in [5, 5.41) is 11.5. The van der Waals surface area contributed by atoms with Crippen molar-refractivity contribution in [2.75, 3.05) is 19.7 Å². The van der Waals surface area contributed by atoms with E-state index in [4.69, 9.17) is 15.7 Å². The van der Waals surface area contributed by atoms with E-state index < -0.39 is 6.10 Å². The van der Waals surface area contributed by atoms with Crippen LogP contribution in [-0.2, 0) is 16.0 Å². The zero-order valence-corrected chi connectivity index (χ0v) is 10.8. The average molecular weight is 281 g/mol. The zero-order chi connectivity index (χ0) is 14.5. The van der Waals surface area contributed by atoms with Crippen LogP contribution in [0.5, 0.6) is 0 Å². The van der Waals surface area contributed by atoms with E-state index in [0.717, 1.165) is 5.56 Å². The summed E-state index contributed by atoms with van der Waals surface area (Å²) in [6.07, 6.45) is -0.408. The van der Waals surface area contributed by atoms with Crippen molar-refractivity contribution in [2.45, 2.75) is 12.5 Å². The first kappa shape index (κ1) is 14.3. The molecule has 1 aromatic carbocycles. The van der Waals surface area contributed by atoms with Gasteiger partial charge in [0.15, 0.2) is 5.84 Å². The molecular weight excluding hydrogens is 265 g/mol. The lowest BCUT2D eigenvalue weighted by Crippen LogP contribution is -2.50. The second-order valence-electron chi connectivity index (χ2n) is 4.53. The molecule has 1 aliphatic rings. The van der Waals surface area contributed by atoms with Gasteiger partial charge in [0.1, 0.15) is 11.9 Å². The summed E-state index contributed by atoms with van der Waals surface area (Å²) >= 11 is 0. The highest BCUT2D eigenvalue weighted by Crippen LogP contribution is 2.10. The van der Waals surface area contributed by atoms with Crippen molar-refractivity contribution >= 4 is 11.7 Å². The van der Waals surface area contributed by atoms with Crippen molar-refractivity contribution in [3.05, 3.63) is 35.6 Å². The van der Waals surface area contributed by atoms with Gasteiger partial charge in [-0.05, 0) is 17.7 Å². The van der Waals surface area contributed by atoms with E-state index in [0.29, 0.717) is 13.2 Å². The molecule has 1 saturated heterocycles. The number of carbonyl (C=O) groups is 1. The van der Waals surface area contributed by atoms with E-state index in [2.05, 4.69) is 5.16 Å². The molecule has 0 radical (unpaired) electrons. The van der Waals surface area contributed by atoms with Crippen LogP contribution in [0, 0.1) is 5.82 Å². The molecular formula is C13H16FN3O3. The molecule has 7 heteroatoms. The predicted octanol–water partition coefficient (Wildman–Crippen LogP) is 0.342. The van der Waals surface area contributed by atoms with Gasteiger partial charge in [-0.2, -0.15) is 0 Å². The number of amides is 1. The van der Waals surface area contributed by atoms with E-state index in [1.165, 1.54) is 12.1 Å². The fraction of sp³-hybridized carbons (Fsp3) is 0.385. The summed E-state index contributed by atoms with van der Waals surface area (Å²) in [6, 6.07) is 5.80. The maximum atomic E-state index is 12.8. The van der Waals surface area contributed by atoms with Crippen molar-refractivity contribution in [2.24, 2.45) is 10.9 Å². The third kappa shape index (κ3) is 3.45. The van der Waals surface area contributed by atoms with Crippen molar-refractivity contribution in [3.8, 4) is 0 Å². The van der Waals surface area contributed by atoms with E-state index in [9.17, 15) is 9.18 Å². The number of nitrogens with two attached hydrogens (primary N) is 1. The third-order valence-electron chi connectivity index (χ3n) is 3.13. The summed E-state index contributed by atoms with van der Waals surface area (Å²) in [5.41, 5.74) is 6.21. The molecule has 0 aliphatic carbocycles. The lowest BCUT2D eigenvalue weighted by atomic mass is 10.1. The molecule has 108 valence electrons. The maximum Gasteiger partial charge on any atom is 0.227 e. The van der Waals surface area contributed by atoms with Crippen LogP contribution < -0.4 is 5.73 Å². The molecule has 6 nitrogen and oxygen atoms in total. The number of hydrogen-bond acceptors (Lipinski definition) is 4. The Bertz CT molecular complexity index is 504. The molecule has 3 N–H and O–H groups in total. The van der Waals surface area contributed by atoms with Gasteiger partial charge < -0.3 is 20.6 Å². The van der Waals surface area contributed by atoms with Gasteiger partial charge in [-0.25, -0.2) is 4.39 Å². The lowest BCUT2D eigenvalue weighted by Gasteiger charge is -2.32. The summed E-state index contributed by atoms with van der Waals surface area (Å²) in [6.45, 7) is 1.03. The topological polar surface area (TPSA) is 88.2 Å². The van der Waals surface area contributed by atoms with Gasteiger partial charge in [-0.3, -0.25) is 4.79 Å². The highest BCUT2D eigenvalue weighted by molar-refractivity contribution is 5.86. The van der Waals surface area contributed by atoms with Crippen molar-refractivity contribution in [1.82, 2.24) is 4.90 Å². The van der Waals surface area contributed by atoms with Gasteiger partial charge in [0.25, 0.3) is 0 Å². The predicted molar refractivity (Wildman–Crippen MR) is 69.8 cm³/mol. The number of carbonyl (C=O) groups excluding carboxylic acids is 1. The quantitative estimate of drug-likeness (QED) is 0.362. The smallest absolute Gasteiger partial charge is 0.227 e. The Balaban J connectivity index is 1.96. The largest absolute Gasteiger partial charge is 0.409 e. The fourth-order valence-corrected chi connectivity index (χ4v) is 2.01. The van der Waals surface area contributed by atoms with Crippen LogP contribution in [0.4, 0.5) is 4.39 Å². The molecule has 1 fully saturated rings. The van der Waals surface area contributed by atoms with Crippen LogP contribution in [0.15, 0.2) is 29.4 Å². The second-order valence-corrected chi connectivity index (χ2v) is 4.53. The van der Waals surface area contributed by atoms with E-state index in [1.54, 1.807) is 17.0 Å². The number of halogens is 1. The average Bonchev–Trinajstić information content (AvgIpc) is 2.49. The van der Waals surface area contributed by atoms with Crippen LogP contribution in [0.2, 0.25) is 0 Å². The van der Waals surface area contributed by atoms with Crippen LogP contribution in [-0.4, -0.2) is 47.7 Å². The molecule has 2 rings (SSSR count). The molecule has 1 aliphatic heterocycles. The van der Waals surface area contributed by atoms with Gasteiger partial charge >= 0.3 is 0 Å². The van der Waals surface area contributed by atoms with E-state index in [1.807, 2.05) is 0 Å². The first-order valence-corrected chi connectivity index (χ1v) is 6.21. The molecule has 1 heterocycles. The number of rotatable bonds is 3. The Labute approximate surface area is 115 Å². The molecule has 0 bridgehead atoms. The minimum Gasteiger partial charge on any atom is -0.409 e. The number of benzene rings is 1. The summed E-state index contributed by atoms with van der Waals surface area (Å²) in [4.78, 5) is 13.7. The first-order valence-electron chi connectivity index (χ1n) is 6.21. The highest BCUT2D eigenvalue weighted by Gasteiger charge is 2.26. The van der Waals surface area contributed by atoms with Crippen molar-refractivity contribution in [1.29, 1.82) is 0 Å². The van der Waals surface area contributed by atoms with Crippen LogP contribution in [0.3, 0.4) is 0 Å². The first-order chi connectivity index (χ1) is 9.60. The Kier molecular flexibility index (Phi) is 4.52. The zero-order valence-electron chi connectivity index (χ0n) is 10.8. The number of morpholine rings is 1. The van der Waals surface area contributed by atoms with Crippen LogP contribution >= 0.6 is 0 Å². The third-order valence-corrected chi connectivity index (χ3v) is 3.13. The van der Waals surface area contributed by atoms with Gasteiger partial charge in [0.05, 0.1) is 19.6 Å². The van der Waals surface area contributed by atoms with E-state index in [-0.39, 0.29) is 30.5 Å².